The molecule has 4 nitrogen and oxygen atoms in total. The van der Waals surface area contributed by atoms with Gasteiger partial charge < -0.3 is 10.2 Å². The Hall–Kier alpha value is -1.16. The van der Waals surface area contributed by atoms with E-state index in [0.29, 0.717) is 0 Å². The minimum absolute atomic E-state index is 0.858. The average molecular weight is 248 g/mol. The molecular formula is C14H24N4. The summed E-state index contributed by atoms with van der Waals surface area (Å²) in [6, 6.07) is 0. The Labute approximate surface area is 110 Å². The molecular weight excluding hydrogens is 224 g/mol. The third kappa shape index (κ3) is 3.95. The maximum absolute atomic E-state index is 4.50. The van der Waals surface area contributed by atoms with Crippen molar-refractivity contribution < 1.29 is 0 Å². The molecule has 1 N–H and O–H groups in total. The van der Waals surface area contributed by atoms with Gasteiger partial charge in [-0.2, -0.15) is 0 Å². The van der Waals surface area contributed by atoms with E-state index in [1.165, 1.54) is 32.1 Å². The van der Waals surface area contributed by atoms with Crippen molar-refractivity contribution in [3.63, 3.8) is 0 Å². The number of nitrogens with one attached hydrogen (secondary N) is 1. The van der Waals surface area contributed by atoms with E-state index in [2.05, 4.69) is 27.1 Å². The number of aromatic nitrogens is 2. The largest absolute Gasteiger partial charge is 0.341 e. The van der Waals surface area contributed by atoms with E-state index in [1.807, 2.05) is 12.4 Å². The van der Waals surface area contributed by atoms with Gasteiger partial charge in [-0.15, -0.1) is 0 Å². The third-order valence-corrected chi connectivity index (χ3v) is 3.41. The lowest BCUT2D eigenvalue weighted by Crippen LogP contribution is -2.28. The molecule has 0 bridgehead atoms. The van der Waals surface area contributed by atoms with Crippen LogP contribution >= 0.6 is 0 Å². The predicted molar refractivity (Wildman–Crippen MR) is 74.7 cm³/mol. The Morgan fingerprint density at radius 3 is 2.28 bits per heavy atom. The molecule has 1 aliphatic rings. The zero-order valence-electron chi connectivity index (χ0n) is 11.4. The Bertz CT molecular complexity index is 328. The van der Waals surface area contributed by atoms with Gasteiger partial charge in [-0.05, 0) is 19.4 Å². The van der Waals surface area contributed by atoms with Crippen LogP contribution in [0.15, 0.2) is 12.4 Å². The molecule has 2 heterocycles. The summed E-state index contributed by atoms with van der Waals surface area (Å²) in [6.07, 6.45) is 10.5. The second-order valence-electron chi connectivity index (χ2n) is 4.93. The first kappa shape index (κ1) is 13.3. The highest BCUT2D eigenvalue weighted by atomic mass is 15.2. The first-order chi connectivity index (χ1) is 8.90. The van der Waals surface area contributed by atoms with Crippen molar-refractivity contribution in [3.8, 4) is 0 Å². The zero-order chi connectivity index (χ0) is 12.6. The van der Waals surface area contributed by atoms with Gasteiger partial charge in [0, 0.05) is 37.6 Å². The molecule has 0 atom stereocenters. The average Bonchev–Trinajstić information content (AvgIpc) is 2.37. The van der Waals surface area contributed by atoms with Gasteiger partial charge >= 0.3 is 0 Å². The Morgan fingerprint density at radius 1 is 1.06 bits per heavy atom. The van der Waals surface area contributed by atoms with Gasteiger partial charge in [0.15, 0.2) is 0 Å². The third-order valence-electron chi connectivity index (χ3n) is 3.41. The van der Waals surface area contributed by atoms with Crippen molar-refractivity contribution in [1.82, 2.24) is 15.3 Å². The van der Waals surface area contributed by atoms with Crippen LogP contribution < -0.4 is 10.2 Å². The summed E-state index contributed by atoms with van der Waals surface area (Å²) in [6.45, 7) is 6.15. The Kier molecular flexibility index (Phi) is 5.39. The maximum atomic E-state index is 4.50. The van der Waals surface area contributed by atoms with Gasteiger partial charge in [0.05, 0.1) is 0 Å². The van der Waals surface area contributed by atoms with Crippen molar-refractivity contribution in [2.24, 2.45) is 0 Å². The molecule has 1 fully saturated rings. The topological polar surface area (TPSA) is 41.1 Å². The molecule has 2 rings (SSSR count). The highest BCUT2D eigenvalue weighted by Gasteiger charge is 2.11. The molecule has 1 saturated heterocycles. The van der Waals surface area contributed by atoms with Crippen molar-refractivity contribution in [3.05, 3.63) is 18.0 Å². The molecule has 0 aliphatic carbocycles. The molecule has 1 aliphatic heterocycles. The molecule has 0 unspecified atom stereocenters. The second-order valence-corrected chi connectivity index (χ2v) is 4.93. The van der Waals surface area contributed by atoms with Crippen LogP contribution in [0.2, 0.25) is 0 Å². The van der Waals surface area contributed by atoms with Crippen LogP contribution in [-0.4, -0.2) is 29.6 Å². The highest BCUT2D eigenvalue weighted by molar-refractivity contribution is 5.29. The highest BCUT2D eigenvalue weighted by Crippen LogP contribution is 2.15. The van der Waals surface area contributed by atoms with Crippen LogP contribution in [0.3, 0.4) is 0 Å². The number of hydrogen-bond acceptors (Lipinski definition) is 4. The van der Waals surface area contributed by atoms with E-state index in [0.717, 1.165) is 37.7 Å². The molecule has 0 radical (unpaired) electrons. The van der Waals surface area contributed by atoms with E-state index >= 15 is 0 Å². The van der Waals surface area contributed by atoms with Gasteiger partial charge in [0.2, 0.25) is 5.95 Å². The molecule has 18 heavy (non-hydrogen) atoms. The molecule has 0 spiro atoms. The van der Waals surface area contributed by atoms with Crippen molar-refractivity contribution in [2.45, 2.75) is 45.6 Å². The smallest absolute Gasteiger partial charge is 0.225 e. The van der Waals surface area contributed by atoms with Crippen LogP contribution in [0.1, 0.15) is 44.6 Å². The summed E-state index contributed by atoms with van der Waals surface area (Å²) in [5.41, 5.74) is 1.16. The van der Waals surface area contributed by atoms with Crippen LogP contribution in [0.25, 0.3) is 0 Å². The van der Waals surface area contributed by atoms with E-state index in [4.69, 9.17) is 0 Å². The number of nitrogens with zero attached hydrogens (tertiary/aromatic N) is 3. The lowest BCUT2D eigenvalue weighted by molar-refractivity contribution is 0.550. The summed E-state index contributed by atoms with van der Waals surface area (Å²) in [7, 11) is 0. The Morgan fingerprint density at radius 2 is 1.67 bits per heavy atom. The van der Waals surface area contributed by atoms with Gasteiger partial charge in [-0.25, -0.2) is 9.97 Å². The predicted octanol–water partition coefficient (Wildman–Crippen LogP) is 2.36. The minimum Gasteiger partial charge on any atom is -0.341 e. The number of rotatable bonds is 4. The van der Waals surface area contributed by atoms with Gasteiger partial charge in [0.1, 0.15) is 0 Å². The molecule has 1 aromatic heterocycles. The van der Waals surface area contributed by atoms with Gasteiger partial charge in [-0.1, -0.05) is 26.2 Å². The van der Waals surface area contributed by atoms with E-state index in [-0.39, 0.29) is 0 Å². The lowest BCUT2D eigenvalue weighted by atomic mass is 10.1. The monoisotopic (exact) mass is 248 g/mol. The van der Waals surface area contributed by atoms with Crippen LogP contribution in [0, 0.1) is 0 Å². The SMILES string of the molecule is CCNCc1cnc(N2CCCCCCC2)nc1. The van der Waals surface area contributed by atoms with Crippen LogP contribution in [0.4, 0.5) is 5.95 Å². The van der Waals surface area contributed by atoms with Crippen LogP contribution in [-0.2, 0) is 6.54 Å². The standard InChI is InChI=1S/C14H24N4/c1-2-15-10-13-11-16-14(17-12-13)18-8-6-4-3-5-7-9-18/h11-12,15H,2-10H2,1H3. The van der Waals surface area contributed by atoms with Gasteiger partial charge in [0.25, 0.3) is 0 Å². The van der Waals surface area contributed by atoms with E-state index in [9.17, 15) is 0 Å². The normalized spacial score (nSPS) is 17.3. The van der Waals surface area contributed by atoms with E-state index < -0.39 is 0 Å². The molecule has 0 aromatic carbocycles. The van der Waals surface area contributed by atoms with Crippen molar-refractivity contribution >= 4 is 5.95 Å². The molecule has 100 valence electrons. The summed E-state index contributed by atoms with van der Waals surface area (Å²) >= 11 is 0. The van der Waals surface area contributed by atoms with Crippen LogP contribution in [0.5, 0.6) is 0 Å². The van der Waals surface area contributed by atoms with Crippen molar-refractivity contribution in [1.29, 1.82) is 0 Å². The lowest BCUT2D eigenvalue weighted by Gasteiger charge is -2.24. The fourth-order valence-corrected chi connectivity index (χ4v) is 2.32. The summed E-state index contributed by atoms with van der Waals surface area (Å²) in [4.78, 5) is 11.3. The summed E-state index contributed by atoms with van der Waals surface area (Å²) in [5.74, 6) is 0.900. The minimum atomic E-state index is 0.858. The first-order valence-corrected chi connectivity index (χ1v) is 7.16. The zero-order valence-corrected chi connectivity index (χ0v) is 11.4. The summed E-state index contributed by atoms with van der Waals surface area (Å²) < 4.78 is 0. The van der Waals surface area contributed by atoms with Crippen molar-refractivity contribution in [2.75, 3.05) is 24.5 Å². The fourth-order valence-electron chi connectivity index (χ4n) is 2.32. The first-order valence-electron chi connectivity index (χ1n) is 7.16. The number of hydrogen-bond donors (Lipinski definition) is 1. The molecule has 4 heteroatoms. The fraction of sp³-hybridized carbons (Fsp3) is 0.714. The maximum Gasteiger partial charge on any atom is 0.225 e. The number of anilines is 1. The molecule has 1 aromatic rings. The van der Waals surface area contributed by atoms with E-state index in [1.54, 1.807) is 0 Å². The molecule has 0 amide bonds. The summed E-state index contributed by atoms with van der Waals surface area (Å²) in [5, 5.41) is 3.29. The quantitative estimate of drug-likeness (QED) is 0.888. The molecule has 0 saturated carbocycles. The second kappa shape index (κ2) is 7.31. The van der Waals surface area contributed by atoms with Gasteiger partial charge in [-0.3, -0.25) is 0 Å². The Balaban J connectivity index is 1.94.